The fraction of sp³-hybridized carbons (Fsp3) is 0.714. The molecular formula is C14H22N4. The number of rotatable bonds is 4. The molecule has 1 unspecified atom stereocenters. The van der Waals surface area contributed by atoms with Gasteiger partial charge in [0, 0.05) is 24.7 Å². The molecule has 2 fully saturated rings. The van der Waals surface area contributed by atoms with Gasteiger partial charge in [0.15, 0.2) is 0 Å². The highest BCUT2D eigenvalue weighted by Crippen LogP contribution is 2.28. The highest BCUT2D eigenvalue weighted by atomic mass is 15.2. The smallest absolute Gasteiger partial charge is 0.134 e. The summed E-state index contributed by atoms with van der Waals surface area (Å²) >= 11 is 0. The first-order valence-electron chi connectivity index (χ1n) is 7.22. The van der Waals surface area contributed by atoms with E-state index in [4.69, 9.17) is 0 Å². The lowest BCUT2D eigenvalue weighted by Gasteiger charge is -2.36. The average Bonchev–Trinajstić information content (AvgIpc) is 3.23. The van der Waals surface area contributed by atoms with Gasteiger partial charge in [-0.1, -0.05) is 6.92 Å². The number of aromatic nitrogens is 2. The van der Waals surface area contributed by atoms with E-state index in [0.29, 0.717) is 12.1 Å². The van der Waals surface area contributed by atoms with Crippen molar-refractivity contribution < 1.29 is 0 Å². The Labute approximate surface area is 109 Å². The molecule has 18 heavy (non-hydrogen) atoms. The van der Waals surface area contributed by atoms with Gasteiger partial charge in [-0.15, -0.1) is 0 Å². The zero-order valence-electron chi connectivity index (χ0n) is 11.1. The fourth-order valence-electron chi connectivity index (χ4n) is 2.75. The van der Waals surface area contributed by atoms with Gasteiger partial charge in [0.1, 0.15) is 18.0 Å². The molecule has 0 bridgehead atoms. The summed E-state index contributed by atoms with van der Waals surface area (Å²) < 4.78 is 0. The van der Waals surface area contributed by atoms with Crippen LogP contribution in [-0.4, -0.2) is 28.6 Å². The van der Waals surface area contributed by atoms with Crippen molar-refractivity contribution in [2.75, 3.05) is 16.8 Å². The van der Waals surface area contributed by atoms with Crippen molar-refractivity contribution in [2.45, 2.75) is 57.5 Å². The van der Waals surface area contributed by atoms with Gasteiger partial charge in [-0.25, -0.2) is 9.97 Å². The third-order valence-electron chi connectivity index (χ3n) is 3.97. The number of hydrogen-bond donors (Lipinski definition) is 1. The summed E-state index contributed by atoms with van der Waals surface area (Å²) in [5, 5.41) is 3.45. The molecule has 4 nitrogen and oxygen atoms in total. The molecule has 1 saturated heterocycles. The molecule has 1 aliphatic carbocycles. The number of hydrogen-bond acceptors (Lipinski definition) is 4. The van der Waals surface area contributed by atoms with Crippen LogP contribution in [0.1, 0.15) is 45.4 Å². The topological polar surface area (TPSA) is 41.0 Å². The van der Waals surface area contributed by atoms with E-state index in [0.717, 1.165) is 18.2 Å². The van der Waals surface area contributed by atoms with Crippen LogP contribution in [0.5, 0.6) is 0 Å². The van der Waals surface area contributed by atoms with Crippen molar-refractivity contribution in [3.8, 4) is 0 Å². The molecule has 1 N–H and O–H groups in total. The van der Waals surface area contributed by atoms with Crippen molar-refractivity contribution in [3.63, 3.8) is 0 Å². The predicted molar refractivity (Wildman–Crippen MR) is 74.0 cm³/mol. The molecular weight excluding hydrogens is 224 g/mol. The van der Waals surface area contributed by atoms with E-state index in [9.17, 15) is 0 Å². The zero-order chi connectivity index (χ0) is 12.4. The molecule has 1 aliphatic heterocycles. The summed E-state index contributed by atoms with van der Waals surface area (Å²) in [6, 6.07) is 3.42. The van der Waals surface area contributed by atoms with Crippen molar-refractivity contribution in [1.82, 2.24) is 9.97 Å². The standard InChI is InChI=1S/C14H22N4/c1-2-12-5-3-4-8-18(12)14-9-13(15-10-16-14)17-11-6-7-11/h9-12H,2-8H2,1H3,(H,15,16,17). The van der Waals surface area contributed by atoms with E-state index in [1.54, 1.807) is 6.33 Å². The Morgan fingerprint density at radius 3 is 2.94 bits per heavy atom. The summed E-state index contributed by atoms with van der Waals surface area (Å²) in [5.41, 5.74) is 0. The Kier molecular flexibility index (Phi) is 3.35. The SMILES string of the molecule is CCC1CCCCN1c1cc(NC2CC2)ncn1. The molecule has 2 heterocycles. The fourth-order valence-corrected chi connectivity index (χ4v) is 2.75. The highest BCUT2D eigenvalue weighted by molar-refractivity contribution is 5.50. The largest absolute Gasteiger partial charge is 0.367 e. The second kappa shape index (κ2) is 5.12. The van der Waals surface area contributed by atoms with Crippen LogP contribution in [-0.2, 0) is 0 Å². The molecule has 4 heteroatoms. The minimum Gasteiger partial charge on any atom is -0.367 e. The lowest BCUT2D eigenvalue weighted by Crippen LogP contribution is -2.39. The van der Waals surface area contributed by atoms with Crippen molar-refractivity contribution in [2.24, 2.45) is 0 Å². The highest BCUT2D eigenvalue weighted by Gasteiger charge is 2.24. The second-order valence-corrected chi connectivity index (χ2v) is 5.43. The molecule has 0 spiro atoms. The van der Waals surface area contributed by atoms with Gasteiger partial charge in [0.05, 0.1) is 0 Å². The third kappa shape index (κ3) is 2.57. The molecule has 1 saturated carbocycles. The normalized spacial score (nSPS) is 24.1. The van der Waals surface area contributed by atoms with Crippen molar-refractivity contribution >= 4 is 11.6 Å². The predicted octanol–water partition coefficient (Wildman–Crippen LogP) is 2.82. The number of anilines is 2. The minimum atomic E-state index is 0.649. The second-order valence-electron chi connectivity index (χ2n) is 5.43. The van der Waals surface area contributed by atoms with Crippen LogP contribution in [0.4, 0.5) is 11.6 Å². The maximum atomic E-state index is 4.46. The maximum Gasteiger partial charge on any atom is 0.134 e. The first-order chi connectivity index (χ1) is 8.86. The van der Waals surface area contributed by atoms with Crippen LogP contribution in [0.15, 0.2) is 12.4 Å². The van der Waals surface area contributed by atoms with E-state index >= 15 is 0 Å². The van der Waals surface area contributed by atoms with E-state index in [1.807, 2.05) is 0 Å². The minimum absolute atomic E-state index is 0.649. The van der Waals surface area contributed by atoms with Crippen molar-refractivity contribution in [3.05, 3.63) is 12.4 Å². The molecule has 1 atom stereocenters. The van der Waals surface area contributed by atoms with E-state index < -0.39 is 0 Å². The van der Waals surface area contributed by atoms with Gasteiger partial charge in [-0.05, 0) is 38.5 Å². The molecule has 2 aliphatic rings. The molecule has 1 aromatic heterocycles. The number of piperidine rings is 1. The Morgan fingerprint density at radius 2 is 2.17 bits per heavy atom. The summed E-state index contributed by atoms with van der Waals surface area (Å²) in [4.78, 5) is 11.2. The van der Waals surface area contributed by atoms with Crippen molar-refractivity contribution in [1.29, 1.82) is 0 Å². The van der Waals surface area contributed by atoms with E-state index in [-0.39, 0.29) is 0 Å². The van der Waals surface area contributed by atoms with Crippen LogP contribution in [0.25, 0.3) is 0 Å². The quantitative estimate of drug-likeness (QED) is 0.887. The van der Waals surface area contributed by atoms with Crippen LogP contribution in [0.2, 0.25) is 0 Å². The summed E-state index contributed by atoms with van der Waals surface area (Å²) in [6.07, 6.45) is 9.39. The zero-order valence-corrected chi connectivity index (χ0v) is 11.1. The maximum absolute atomic E-state index is 4.46. The van der Waals surface area contributed by atoms with Crippen LogP contribution in [0, 0.1) is 0 Å². The Bertz CT molecular complexity index is 403. The molecule has 1 aromatic rings. The molecule has 3 rings (SSSR count). The van der Waals surface area contributed by atoms with Gasteiger partial charge in [-0.2, -0.15) is 0 Å². The summed E-state index contributed by atoms with van der Waals surface area (Å²) in [5.74, 6) is 2.09. The Balaban J connectivity index is 1.76. The number of nitrogens with zero attached hydrogens (tertiary/aromatic N) is 3. The van der Waals surface area contributed by atoms with Gasteiger partial charge in [0.2, 0.25) is 0 Å². The Hall–Kier alpha value is -1.32. The third-order valence-corrected chi connectivity index (χ3v) is 3.97. The molecule has 0 aromatic carbocycles. The average molecular weight is 246 g/mol. The molecule has 0 radical (unpaired) electrons. The van der Waals surface area contributed by atoms with E-state index in [1.165, 1.54) is 38.5 Å². The summed E-state index contributed by atoms with van der Waals surface area (Å²) in [7, 11) is 0. The number of nitrogens with one attached hydrogen (secondary N) is 1. The lowest BCUT2D eigenvalue weighted by atomic mass is 10.0. The summed E-state index contributed by atoms with van der Waals surface area (Å²) in [6.45, 7) is 3.41. The van der Waals surface area contributed by atoms with Gasteiger partial charge in [0.25, 0.3) is 0 Å². The first kappa shape index (κ1) is 11.8. The Morgan fingerprint density at radius 1 is 1.28 bits per heavy atom. The van der Waals surface area contributed by atoms with Crippen LogP contribution >= 0.6 is 0 Å². The van der Waals surface area contributed by atoms with Gasteiger partial charge < -0.3 is 10.2 Å². The lowest BCUT2D eigenvalue weighted by molar-refractivity contribution is 0.446. The van der Waals surface area contributed by atoms with Crippen LogP contribution in [0.3, 0.4) is 0 Å². The van der Waals surface area contributed by atoms with Crippen LogP contribution < -0.4 is 10.2 Å². The molecule has 0 amide bonds. The molecule has 98 valence electrons. The first-order valence-corrected chi connectivity index (χ1v) is 7.22. The van der Waals surface area contributed by atoms with Gasteiger partial charge in [-0.3, -0.25) is 0 Å². The van der Waals surface area contributed by atoms with Gasteiger partial charge >= 0.3 is 0 Å². The van der Waals surface area contributed by atoms with E-state index in [2.05, 4.69) is 33.2 Å². The monoisotopic (exact) mass is 246 g/mol.